The number of thioether (sulfide) groups is 1. The fourth-order valence-electron chi connectivity index (χ4n) is 3.73. The van der Waals surface area contributed by atoms with E-state index in [2.05, 4.69) is 33.8 Å². The van der Waals surface area contributed by atoms with Crippen LogP contribution in [0.25, 0.3) is 10.8 Å². The van der Waals surface area contributed by atoms with Crippen LogP contribution in [0.4, 0.5) is 5.82 Å². The molecule has 0 radical (unpaired) electrons. The standard InChI is InChI=1S/C27H28N4O2S/c1-4-29-27(34-18(2)3)20-5-6-21-17-30-25(16-22(21)15-20)31-26(32)19-7-9-23(10-8-19)33-24-11-13-28-14-12-24/h4-10,15-17,24,28H,1-2,11-14H2,3H3,(H,30,31,32)/b29-27-. The number of fused-ring (bicyclic) bond motifs is 1. The summed E-state index contributed by atoms with van der Waals surface area (Å²) >= 11 is 1.50. The van der Waals surface area contributed by atoms with E-state index in [1.807, 2.05) is 43.3 Å². The summed E-state index contributed by atoms with van der Waals surface area (Å²) in [5.74, 6) is 1.05. The molecular formula is C27H28N4O2S. The van der Waals surface area contributed by atoms with Gasteiger partial charge in [0.15, 0.2) is 0 Å². The minimum Gasteiger partial charge on any atom is -0.490 e. The summed E-state index contributed by atoms with van der Waals surface area (Å²) in [6.07, 6.45) is 5.48. The Morgan fingerprint density at radius 1 is 1.15 bits per heavy atom. The maximum Gasteiger partial charge on any atom is 0.256 e. The monoisotopic (exact) mass is 472 g/mol. The number of carbonyl (C=O) groups is 1. The molecule has 1 aliphatic heterocycles. The predicted octanol–water partition coefficient (Wildman–Crippen LogP) is 5.77. The molecule has 2 heterocycles. The zero-order valence-corrected chi connectivity index (χ0v) is 20.0. The van der Waals surface area contributed by atoms with Crippen molar-refractivity contribution in [2.24, 2.45) is 4.99 Å². The molecule has 0 bridgehead atoms. The molecule has 1 aliphatic rings. The fourth-order valence-corrected chi connectivity index (χ4v) is 4.43. The third kappa shape index (κ3) is 6.12. The van der Waals surface area contributed by atoms with Gasteiger partial charge in [0.2, 0.25) is 0 Å². The second-order valence-corrected chi connectivity index (χ2v) is 9.39. The number of aliphatic imine (C=N–C) groups is 1. The Morgan fingerprint density at radius 2 is 1.88 bits per heavy atom. The number of carbonyl (C=O) groups excluding carboxylic acids is 1. The first kappa shape index (κ1) is 23.7. The summed E-state index contributed by atoms with van der Waals surface area (Å²) in [4.78, 5) is 22.5. The highest BCUT2D eigenvalue weighted by Crippen LogP contribution is 2.25. The van der Waals surface area contributed by atoms with Crippen LogP contribution >= 0.6 is 11.8 Å². The molecule has 0 atom stereocenters. The summed E-state index contributed by atoms with van der Waals surface area (Å²) in [6, 6.07) is 15.1. The van der Waals surface area contributed by atoms with Gasteiger partial charge < -0.3 is 15.4 Å². The van der Waals surface area contributed by atoms with Crippen LogP contribution in [0.3, 0.4) is 0 Å². The van der Waals surface area contributed by atoms with Crippen LogP contribution in [0.1, 0.15) is 35.7 Å². The quantitative estimate of drug-likeness (QED) is 0.337. The molecule has 0 spiro atoms. The van der Waals surface area contributed by atoms with Crippen molar-refractivity contribution in [1.82, 2.24) is 10.3 Å². The number of aromatic nitrogens is 1. The van der Waals surface area contributed by atoms with Crippen molar-refractivity contribution in [2.75, 3.05) is 18.4 Å². The van der Waals surface area contributed by atoms with Gasteiger partial charge in [-0.1, -0.05) is 37.1 Å². The lowest BCUT2D eigenvalue weighted by molar-refractivity contribution is 0.102. The Hall–Kier alpha value is -3.42. The van der Waals surface area contributed by atoms with Crippen LogP contribution in [-0.2, 0) is 0 Å². The summed E-state index contributed by atoms with van der Waals surface area (Å²) in [6.45, 7) is 11.5. The molecule has 0 aliphatic carbocycles. The van der Waals surface area contributed by atoms with E-state index in [0.29, 0.717) is 11.4 Å². The van der Waals surface area contributed by atoms with Gasteiger partial charge in [-0.15, -0.1) is 0 Å². The summed E-state index contributed by atoms with van der Waals surface area (Å²) in [5, 5.41) is 8.96. The van der Waals surface area contributed by atoms with Gasteiger partial charge in [-0.05, 0) is 79.5 Å². The number of pyridine rings is 1. The highest BCUT2D eigenvalue weighted by atomic mass is 32.2. The number of amides is 1. The lowest BCUT2D eigenvalue weighted by atomic mass is 10.1. The molecule has 4 rings (SSSR count). The largest absolute Gasteiger partial charge is 0.490 e. The van der Waals surface area contributed by atoms with Crippen LogP contribution in [0.5, 0.6) is 5.75 Å². The number of benzene rings is 2. The Labute approximate surface area is 204 Å². The zero-order valence-electron chi connectivity index (χ0n) is 19.2. The molecule has 0 unspecified atom stereocenters. The van der Waals surface area contributed by atoms with E-state index in [1.54, 1.807) is 18.3 Å². The molecule has 0 saturated carbocycles. The molecule has 3 aromatic rings. The number of anilines is 1. The lowest BCUT2D eigenvalue weighted by Crippen LogP contribution is -2.34. The van der Waals surface area contributed by atoms with E-state index in [1.165, 1.54) is 18.0 Å². The molecular weight excluding hydrogens is 444 g/mol. The van der Waals surface area contributed by atoms with Crippen molar-refractivity contribution < 1.29 is 9.53 Å². The molecule has 1 amide bonds. The minimum atomic E-state index is -0.219. The predicted molar refractivity (Wildman–Crippen MR) is 142 cm³/mol. The van der Waals surface area contributed by atoms with Crippen LogP contribution in [0.15, 0.2) is 84.0 Å². The first-order valence-electron chi connectivity index (χ1n) is 11.2. The van der Waals surface area contributed by atoms with Gasteiger partial charge in [-0.2, -0.15) is 0 Å². The number of piperidine rings is 1. The fraction of sp³-hybridized carbons (Fsp3) is 0.222. The van der Waals surface area contributed by atoms with Crippen molar-refractivity contribution in [3.63, 3.8) is 0 Å². The Morgan fingerprint density at radius 3 is 2.59 bits per heavy atom. The Bertz CT molecular complexity index is 1230. The Kier molecular flexibility index (Phi) is 7.77. The number of hydrogen-bond donors (Lipinski definition) is 2. The van der Waals surface area contributed by atoms with Gasteiger partial charge in [-0.3, -0.25) is 4.79 Å². The first-order valence-corrected chi connectivity index (χ1v) is 12.0. The highest BCUT2D eigenvalue weighted by molar-refractivity contribution is 8.17. The average Bonchev–Trinajstić information content (AvgIpc) is 2.84. The van der Waals surface area contributed by atoms with E-state index >= 15 is 0 Å². The SMILES string of the molecule is C=C/N=C(\SC(=C)C)c1ccc2cnc(NC(=O)c3ccc(OC4CCNCC4)cc3)cc2c1. The van der Waals surface area contributed by atoms with E-state index in [-0.39, 0.29) is 12.0 Å². The van der Waals surface area contributed by atoms with Crippen molar-refractivity contribution in [3.8, 4) is 5.75 Å². The smallest absolute Gasteiger partial charge is 0.256 e. The zero-order chi connectivity index (χ0) is 23.9. The van der Waals surface area contributed by atoms with E-state index in [9.17, 15) is 4.79 Å². The number of allylic oxidation sites excluding steroid dienone is 1. The van der Waals surface area contributed by atoms with Crippen LogP contribution < -0.4 is 15.4 Å². The second-order valence-electron chi connectivity index (χ2n) is 8.10. The summed E-state index contributed by atoms with van der Waals surface area (Å²) in [7, 11) is 0. The van der Waals surface area contributed by atoms with Crippen molar-refractivity contribution in [3.05, 3.63) is 90.1 Å². The maximum atomic E-state index is 12.8. The minimum absolute atomic E-state index is 0.219. The summed E-state index contributed by atoms with van der Waals surface area (Å²) in [5.41, 5.74) is 1.50. The molecule has 2 aromatic carbocycles. The summed E-state index contributed by atoms with van der Waals surface area (Å²) < 4.78 is 6.02. The molecule has 174 valence electrons. The molecule has 34 heavy (non-hydrogen) atoms. The third-order valence-corrected chi connectivity index (χ3v) is 6.28. The van der Waals surface area contributed by atoms with Crippen molar-refractivity contribution in [2.45, 2.75) is 25.9 Å². The molecule has 6 nitrogen and oxygen atoms in total. The normalized spacial score (nSPS) is 14.6. The van der Waals surface area contributed by atoms with Gasteiger partial charge in [0.25, 0.3) is 5.91 Å². The van der Waals surface area contributed by atoms with Crippen molar-refractivity contribution >= 4 is 39.3 Å². The molecule has 7 heteroatoms. The first-order chi connectivity index (χ1) is 16.5. The highest BCUT2D eigenvalue weighted by Gasteiger charge is 2.15. The Balaban J connectivity index is 1.47. The molecule has 1 aromatic heterocycles. The van der Waals surface area contributed by atoms with Crippen LogP contribution in [-0.4, -0.2) is 35.1 Å². The number of nitrogens with zero attached hydrogens (tertiary/aromatic N) is 2. The average molecular weight is 473 g/mol. The van der Waals surface area contributed by atoms with Crippen LogP contribution in [0.2, 0.25) is 0 Å². The third-order valence-electron chi connectivity index (χ3n) is 5.40. The van der Waals surface area contributed by atoms with E-state index in [0.717, 1.165) is 58.0 Å². The molecule has 2 N–H and O–H groups in total. The topological polar surface area (TPSA) is 75.6 Å². The second kappa shape index (κ2) is 11.1. The number of hydrogen-bond acceptors (Lipinski definition) is 6. The molecule has 1 fully saturated rings. The number of rotatable bonds is 7. The van der Waals surface area contributed by atoms with Gasteiger partial charge in [0.1, 0.15) is 22.7 Å². The molecule has 1 saturated heterocycles. The van der Waals surface area contributed by atoms with E-state index < -0.39 is 0 Å². The van der Waals surface area contributed by atoms with Crippen molar-refractivity contribution in [1.29, 1.82) is 0 Å². The number of ether oxygens (including phenoxy) is 1. The maximum absolute atomic E-state index is 12.8. The lowest BCUT2D eigenvalue weighted by Gasteiger charge is -2.23. The van der Waals surface area contributed by atoms with Gasteiger partial charge in [0.05, 0.1) is 0 Å². The van der Waals surface area contributed by atoms with E-state index in [4.69, 9.17) is 4.74 Å². The van der Waals surface area contributed by atoms with Gasteiger partial charge >= 0.3 is 0 Å². The van der Waals surface area contributed by atoms with Crippen LogP contribution in [0, 0.1) is 0 Å². The number of nitrogens with one attached hydrogen (secondary N) is 2. The van der Waals surface area contributed by atoms with Gasteiger partial charge in [0, 0.05) is 28.9 Å². The van der Waals surface area contributed by atoms with Gasteiger partial charge in [-0.25, -0.2) is 9.98 Å².